The van der Waals surface area contributed by atoms with Crippen molar-refractivity contribution in [2.75, 3.05) is 6.61 Å². The van der Waals surface area contributed by atoms with E-state index in [1.807, 2.05) is 23.8 Å². The van der Waals surface area contributed by atoms with Crippen LogP contribution in [0.5, 0.6) is 0 Å². The number of thioether (sulfide) groups is 1. The Balaban J connectivity index is 1.81. The highest BCUT2D eigenvalue weighted by Gasteiger charge is 2.13. The minimum atomic E-state index is -0.167. The fourth-order valence-corrected chi connectivity index (χ4v) is 2.98. The molecule has 0 N–H and O–H groups in total. The summed E-state index contributed by atoms with van der Waals surface area (Å²) in [4.78, 5) is 15.7. The number of aromatic nitrogens is 2. The van der Waals surface area contributed by atoms with Gasteiger partial charge in [-0.05, 0) is 18.4 Å². The number of thiophene rings is 1. The quantitative estimate of drug-likeness (QED) is 0.730. The van der Waals surface area contributed by atoms with Gasteiger partial charge >= 0.3 is 5.97 Å². The maximum absolute atomic E-state index is 11.3. The first kappa shape index (κ1) is 15.1. The van der Waals surface area contributed by atoms with Gasteiger partial charge < -0.3 is 9.26 Å². The molecule has 108 valence electrons. The zero-order chi connectivity index (χ0) is 14.4. The van der Waals surface area contributed by atoms with Gasteiger partial charge in [-0.1, -0.05) is 12.1 Å². The van der Waals surface area contributed by atoms with Gasteiger partial charge in [0.15, 0.2) is 5.82 Å². The molecule has 0 aliphatic carbocycles. The predicted molar refractivity (Wildman–Crippen MR) is 79.6 cm³/mol. The second kappa shape index (κ2) is 7.44. The Morgan fingerprint density at radius 2 is 2.45 bits per heavy atom. The van der Waals surface area contributed by atoms with Crippen LogP contribution in [-0.4, -0.2) is 28.0 Å². The third-order valence-electron chi connectivity index (χ3n) is 2.49. The van der Waals surface area contributed by atoms with Crippen molar-refractivity contribution in [2.45, 2.75) is 31.3 Å². The first-order valence-corrected chi connectivity index (χ1v) is 8.30. The molecule has 0 aliphatic rings. The highest BCUT2D eigenvalue weighted by molar-refractivity contribution is 7.99. The highest BCUT2D eigenvalue weighted by Crippen LogP contribution is 2.23. The van der Waals surface area contributed by atoms with Gasteiger partial charge in [0.1, 0.15) is 0 Å². The van der Waals surface area contributed by atoms with Crippen molar-refractivity contribution in [1.82, 2.24) is 10.1 Å². The van der Waals surface area contributed by atoms with Crippen molar-refractivity contribution in [3.8, 4) is 11.5 Å². The van der Waals surface area contributed by atoms with Crippen LogP contribution in [0.15, 0.2) is 21.3 Å². The van der Waals surface area contributed by atoms with Crippen molar-refractivity contribution in [2.24, 2.45) is 0 Å². The largest absolute Gasteiger partial charge is 0.466 e. The van der Waals surface area contributed by atoms with Crippen molar-refractivity contribution < 1.29 is 14.1 Å². The maximum Gasteiger partial charge on any atom is 0.306 e. The number of hydrogen-bond acceptors (Lipinski definition) is 7. The molecule has 0 saturated heterocycles. The lowest BCUT2D eigenvalue weighted by atomic mass is 10.3. The molecule has 2 rings (SSSR count). The average molecular weight is 312 g/mol. The lowest BCUT2D eigenvalue weighted by molar-refractivity contribution is -0.142. The van der Waals surface area contributed by atoms with E-state index >= 15 is 0 Å². The summed E-state index contributed by atoms with van der Waals surface area (Å²) in [5, 5.41) is 8.04. The normalized spacial score (nSPS) is 12.3. The number of ether oxygens (including phenoxy) is 1. The van der Waals surface area contributed by atoms with Crippen LogP contribution >= 0.6 is 23.1 Å². The van der Waals surface area contributed by atoms with Crippen molar-refractivity contribution >= 4 is 29.1 Å². The van der Waals surface area contributed by atoms with E-state index in [2.05, 4.69) is 10.1 Å². The third-order valence-corrected chi connectivity index (χ3v) is 4.34. The van der Waals surface area contributed by atoms with Gasteiger partial charge in [-0.2, -0.15) is 16.3 Å². The molecule has 0 aliphatic heterocycles. The molecule has 0 fully saturated rings. The van der Waals surface area contributed by atoms with E-state index in [1.165, 1.54) is 0 Å². The zero-order valence-corrected chi connectivity index (χ0v) is 13.0. The molecule has 2 heterocycles. The number of carbonyl (C=O) groups excluding carboxylic acids is 1. The Morgan fingerprint density at radius 1 is 1.60 bits per heavy atom. The number of esters is 1. The molecular weight excluding hydrogens is 296 g/mol. The van der Waals surface area contributed by atoms with E-state index in [4.69, 9.17) is 9.26 Å². The second-order valence-electron chi connectivity index (χ2n) is 4.16. The summed E-state index contributed by atoms with van der Waals surface area (Å²) in [5.41, 5.74) is 0.943. The van der Waals surface area contributed by atoms with Crippen LogP contribution < -0.4 is 0 Å². The van der Waals surface area contributed by atoms with Gasteiger partial charge in [0, 0.05) is 10.6 Å². The molecule has 0 amide bonds. The maximum atomic E-state index is 11.3. The Labute approximate surface area is 125 Å². The van der Waals surface area contributed by atoms with E-state index in [0.29, 0.717) is 30.5 Å². The molecule has 0 radical (unpaired) electrons. The zero-order valence-electron chi connectivity index (χ0n) is 11.4. The standard InChI is InChI=1S/C13H16N2O3S2/c1-3-17-12(16)6-9(2)20-8-11-14-13(18-15-11)10-4-5-19-7-10/h4-5,7,9H,3,6,8H2,1-2H3. The van der Waals surface area contributed by atoms with Crippen LogP contribution in [0, 0.1) is 0 Å². The minimum absolute atomic E-state index is 0.164. The second-order valence-corrected chi connectivity index (χ2v) is 6.37. The lowest BCUT2D eigenvalue weighted by Gasteiger charge is -2.08. The molecule has 0 spiro atoms. The summed E-state index contributed by atoms with van der Waals surface area (Å²) in [7, 11) is 0. The first-order chi connectivity index (χ1) is 9.69. The molecule has 0 saturated carbocycles. The van der Waals surface area contributed by atoms with E-state index in [9.17, 15) is 4.79 Å². The van der Waals surface area contributed by atoms with Crippen LogP contribution in [0.25, 0.3) is 11.5 Å². The van der Waals surface area contributed by atoms with Gasteiger partial charge in [-0.15, -0.1) is 11.8 Å². The van der Waals surface area contributed by atoms with Crippen molar-refractivity contribution in [3.05, 3.63) is 22.7 Å². The van der Waals surface area contributed by atoms with E-state index in [0.717, 1.165) is 5.56 Å². The fraction of sp³-hybridized carbons (Fsp3) is 0.462. The van der Waals surface area contributed by atoms with Crippen LogP contribution in [0.2, 0.25) is 0 Å². The van der Waals surface area contributed by atoms with E-state index in [-0.39, 0.29) is 11.2 Å². The summed E-state index contributed by atoms with van der Waals surface area (Å²) >= 11 is 3.20. The summed E-state index contributed by atoms with van der Waals surface area (Å²) in [5.74, 6) is 1.64. The summed E-state index contributed by atoms with van der Waals surface area (Å²) in [6.07, 6.45) is 0.397. The van der Waals surface area contributed by atoms with Crippen LogP contribution in [0.3, 0.4) is 0 Å². The molecule has 2 aromatic heterocycles. The first-order valence-electron chi connectivity index (χ1n) is 6.31. The molecular formula is C13H16N2O3S2. The van der Waals surface area contributed by atoms with Crippen molar-refractivity contribution in [1.29, 1.82) is 0 Å². The van der Waals surface area contributed by atoms with Crippen LogP contribution in [0.1, 0.15) is 26.1 Å². The number of nitrogens with zero attached hydrogens (tertiary/aromatic N) is 2. The summed E-state index contributed by atoms with van der Waals surface area (Å²) < 4.78 is 10.1. The van der Waals surface area contributed by atoms with Gasteiger partial charge in [0.25, 0.3) is 5.89 Å². The molecule has 0 bridgehead atoms. The summed E-state index contributed by atoms with van der Waals surface area (Å²) in [6, 6.07) is 1.94. The van der Waals surface area contributed by atoms with Crippen molar-refractivity contribution in [3.63, 3.8) is 0 Å². The SMILES string of the molecule is CCOC(=O)CC(C)SCc1noc(-c2ccsc2)n1. The fourth-order valence-electron chi connectivity index (χ4n) is 1.55. The molecule has 0 aromatic carbocycles. The van der Waals surface area contributed by atoms with Gasteiger partial charge in [-0.3, -0.25) is 4.79 Å². The molecule has 7 heteroatoms. The lowest BCUT2D eigenvalue weighted by Crippen LogP contribution is -2.10. The van der Waals surface area contributed by atoms with E-state index in [1.54, 1.807) is 30.0 Å². The predicted octanol–water partition coefficient (Wildman–Crippen LogP) is 3.37. The topological polar surface area (TPSA) is 65.2 Å². The van der Waals surface area contributed by atoms with Gasteiger partial charge in [0.2, 0.25) is 0 Å². The Bertz CT molecular complexity index is 540. The van der Waals surface area contributed by atoms with Crippen LogP contribution in [-0.2, 0) is 15.3 Å². The van der Waals surface area contributed by atoms with Gasteiger partial charge in [-0.25, -0.2) is 0 Å². The monoisotopic (exact) mass is 312 g/mol. The van der Waals surface area contributed by atoms with Crippen LogP contribution in [0.4, 0.5) is 0 Å². The molecule has 5 nitrogen and oxygen atoms in total. The Kier molecular flexibility index (Phi) is 5.60. The average Bonchev–Trinajstić information content (AvgIpc) is 3.07. The highest BCUT2D eigenvalue weighted by atomic mass is 32.2. The number of carbonyl (C=O) groups is 1. The minimum Gasteiger partial charge on any atom is -0.466 e. The molecule has 1 unspecified atom stereocenters. The smallest absolute Gasteiger partial charge is 0.306 e. The Morgan fingerprint density at radius 3 is 3.15 bits per heavy atom. The molecule has 20 heavy (non-hydrogen) atoms. The Hall–Kier alpha value is -1.34. The van der Waals surface area contributed by atoms with E-state index < -0.39 is 0 Å². The molecule has 2 aromatic rings. The third kappa shape index (κ3) is 4.35. The summed E-state index contributed by atoms with van der Waals surface area (Å²) in [6.45, 7) is 4.22. The van der Waals surface area contributed by atoms with Gasteiger partial charge in [0.05, 0.1) is 24.3 Å². The number of hydrogen-bond donors (Lipinski definition) is 0. The molecule has 1 atom stereocenters. The number of rotatable bonds is 7.